The van der Waals surface area contributed by atoms with E-state index in [0.29, 0.717) is 6.04 Å². The highest BCUT2D eigenvalue weighted by molar-refractivity contribution is 5.82. The molecule has 0 aliphatic carbocycles. The van der Waals surface area contributed by atoms with Crippen molar-refractivity contribution >= 4 is 5.91 Å². The number of quaternary nitrogens is 1. The smallest absolute Gasteiger partial charge is 0.231 e. The fourth-order valence-corrected chi connectivity index (χ4v) is 2.56. The van der Waals surface area contributed by atoms with Crippen molar-refractivity contribution in [1.29, 1.82) is 0 Å². The minimum absolute atomic E-state index is 0.138. The Morgan fingerprint density at radius 1 is 1.31 bits per heavy atom. The van der Waals surface area contributed by atoms with E-state index < -0.39 is 0 Å². The summed E-state index contributed by atoms with van der Waals surface area (Å²) in [5.41, 5.74) is 6.59. The maximum absolute atomic E-state index is 11.6. The lowest BCUT2D eigenvalue weighted by Crippen LogP contribution is -2.92. The lowest BCUT2D eigenvalue weighted by molar-refractivity contribution is -0.698. The molecule has 86 valence electrons. The van der Waals surface area contributed by atoms with E-state index in [2.05, 4.69) is 5.32 Å². The molecule has 2 rings (SSSR count). The van der Waals surface area contributed by atoms with Gasteiger partial charge in [0.2, 0.25) is 5.91 Å². The molecule has 1 aromatic rings. The van der Waals surface area contributed by atoms with Crippen LogP contribution in [0.3, 0.4) is 0 Å². The molecule has 1 fully saturated rings. The number of nitrogens with two attached hydrogens (primary N) is 2. The van der Waals surface area contributed by atoms with Crippen LogP contribution < -0.4 is 11.1 Å². The number of rotatable bonds is 3. The van der Waals surface area contributed by atoms with Gasteiger partial charge in [0.25, 0.3) is 0 Å². The number of hydrogen-bond donors (Lipinski definition) is 2. The summed E-state index contributed by atoms with van der Waals surface area (Å²) in [7, 11) is 0. The summed E-state index contributed by atoms with van der Waals surface area (Å²) in [6.07, 6.45) is 3.54. The Balaban J connectivity index is 2.20. The highest BCUT2D eigenvalue weighted by Crippen LogP contribution is 2.21. The van der Waals surface area contributed by atoms with E-state index in [1.807, 2.05) is 30.3 Å². The molecule has 3 nitrogen and oxygen atoms in total. The zero-order valence-corrected chi connectivity index (χ0v) is 9.43. The van der Waals surface area contributed by atoms with Gasteiger partial charge in [-0.1, -0.05) is 30.3 Å². The topological polar surface area (TPSA) is 59.7 Å². The second kappa shape index (κ2) is 5.12. The first-order valence-electron chi connectivity index (χ1n) is 5.96. The average molecular weight is 219 g/mol. The number of benzene rings is 1. The molecule has 0 radical (unpaired) electrons. The van der Waals surface area contributed by atoms with E-state index >= 15 is 0 Å². The number of carbonyl (C=O) groups is 1. The first kappa shape index (κ1) is 11.1. The molecule has 1 amide bonds. The van der Waals surface area contributed by atoms with Crippen molar-refractivity contribution in [3.05, 3.63) is 35.9 Å². The number of carbonyl (C=O) groups excluding carboxylic acids is 1. The van der Waals surface area contributed by atoms with Crippen LogP contribution in [0.25, 0.3) is 0 Å². The van der Waals surface area contributed by atoms with Gasteiger partial charge in [-0.2, -0.15) is 0 Å². The number of hydrogen-bond acceptors (Lipinski definition) is 1. The largest absolute Gasteiger partial charge is 0.369 e. The zero-order valence-electron chi connectivity index (χ0n) is 9.43. The fourth-order valence-electron chi connectivity index (χ4n) is 2.56. The molecule has 3 heteroatoms. The first-order valence-corrected chi connectivity index (χ1v) is 5.96. The summed E-state index contributed by atoms with van der Waals surface area (Å²) >= 11 is 0. The summed E-state index contributed by atoms with van der Waals surface area (Å²) in [6.45, 7) is 1.11. The first-order chi connectivity index (χ1) is 7.79. The van der Waals surface area contributed by atoms with Gasteiger partial charge in [0.15, 0.2) is 0 Å². The molecule has 16 heavy (non-hydrogen) atoms. The zero-order chi connectivity index (χ0) is 11.4. The Labute approximate surface area is 96.0 Å². The predicted octanol–water partition coefficient (Wildman–Crippen LogP) is 0.371. The van der Waals surface area contributed by atoms with E-state index in [9.17, 15) is 4.79 Å². The van der Waals surface area contributed by atoms with Crippen molar-refractivity contribution in [1.82, 2.24) is 0 Å². The third-order valence-electron chi connectivity index (χ3n) is 3.35. The van der Waals surface area contributed by atoms with Crippen LogP contribution in [0.15, 0.2) is 30.3 Å². The van der Waals surface area contributed by atoms with Crippen LogP contribution in [0.4, 0.5) is 0 Å². The molecule has 1 saturated heterocycles. The third-order valence-corrected chi connectivity index (χ3v) is 3.35. The molecule has 0 saturated carbocycles. The van der Waals surface area contributed by atoms with E-state index in [0.717, 1.165) is 18.5 Å². The Morgan fingerprint density at radius 2 is 2.06 bits per heavy atom. The van der Waals surface area contributed by atoms with Crippen molar-refractivity contribution in [2.24, 2.45) is 5.73 Å². The number of piperidine rings is 1. The van der Waals surface area contributed by atoms with Gasteiger partial charge in [-0.05, 0) is 18.4 Å². The summed E-state index contributed by atoms with van der Waals surface area (Å²) in [4.78, 5) is 11.6. The molecule has 0 aromatic heterocycles. The van der Waals surface area contributed by atoms with Gasteiger partial charge in [0.05, 0.1) is 6.54 Å². The van der Waals surface area contributed by atoms with Gasteiger partial charge < -0.3 is 11.1 Å². The van der Waals surface area contributed by atoms with Gasteiger partial charge in [-0.25, -0.2) is 0 Å². The maximum atomic E-state index is 11.6. The maximum Gasteiger partial charge on any atom is 0.231 e. The SMILES string of the molecule is NC(=O)[C@@H](c1ccccc1)[C@H]1CCCC[NH2+]1. The summed E-state index contributed by atoms with van der Waals surface area (Å²) in [5.74, 6) is -0.337. The Bertz CT molecular complexity index is 344. The van der Waals surface area contributed by atoms with Gasteiger partial charge in [0, 0.05) is 6.42 Å². The van der Waals surface area contributed by atoms with Crippen LogP contribution >= 0.6 is 0 Å². The normalized spacial score (nSPS) is 22.6. The Morgan fingerprint density at radius 3 is 2.62 bits per heavy atom. The minimum Gasteiger partial charge on any atom is -0.369 e. The Hall–Kier alpha value is -1.35. The minimum atomic E-state index is -0.200. The lowest BCUT2D eigenvalue weighted by atomic mass is 9.86. The molecular weight excluding hydrogens is 200 g/mol. The lowest BCUT2D eigenvalue weighted by Gasteiger charge is -2.26. The van der Waals surface area contributed by atoms with Crippen LogP contribution in [-0.2, 0) is 4.79 Å². The molecule has 0 spiro atoms. The average Bonchev–Trinajstić information content (AvgIpc) is 2.31. The van der Waals surface area contributed by atoms with E-state index in [4.69, 9.17) is 5.73 Å². The third kappa shape index (κ3) is 2.42. The molecule has 0 unspecified atom stereocenters. The van der Waals surface area contributed by atoms with Gasteiger partial charge in [0.1, 0.15) is 12.0 Å². The quantitative estimate of drug-likeness (QED) is 0.758. The fraction of sp³-hybridized carbons (Fsp3) is 0.462. The van der Waals surface area contributed by atoms with Crippen molar-refractivity contribution in [3.63, 3.8) is 0 Å². The van der Waals surface area contributed by atoms with Crippen molar-refractivity contribution in [2.75, 3.05) is 6.54 Å². The van der Waals surface area contributed by atoms with E-state index in [1.165, 1.54) is 12.8 Å². The molecule has 1 aromatic carbocycles. The van der Waals surface area contributed by atoms with Crippen LogP contribution in [-0.4, -0.2) is 18.5 Å². The van der Waals surface area contributed by atoms with Crippen molar-refractivity contribution in [3.8, 4) is 0 Å². The second-order valence-electron chi connectivity index (χ2n) is 4.47. The van der Waals surface area contributed by atoms with Gasteiger partial charge in [-0.3, -0.25) is 4.79 Å². The molecule has 1 heterocycles. The van der Waals surface area contributed by atoms with Crippen LogP contribution in [0.1, 0.15) is 30.7 Å². The molecular formula is C13H19N2O+. The van der Waals surface area contributed by atoms with E-state index in [-0.39, 0.29) is 11.8 Å². The summed E-state index contributed by atoms with van der Waals surface area (Å²) in [5, 5.41) is 2.27. The predicted molar refractivity (Wildman–Crippen MR) is 62.8 cm³/mol. The van der Waals surface area contributed by atoms with Crippen LogP contribution in [0, 0.1) is 0 Å². The molecule has 0 bridgehead atoms. The highest BCUT2D eigenvalue weighted by Gasteiger charge is 2.32. The highest BCUT2D eigenvalue weighted by atomic mass is 16.1. The van der Waals surface area contributed by atoms with Gasteiger partial charge in [-0.15, -0.1) is 0 Å². The summed E-state index contributed by atoms with van der Waals surface area (Å²) < 4.78 is 0. The Kier molecular flexibility index (Phi) is 3.57. The monoisotopic (exact) mass is 219 g/mol. The van der Waals surface area contributed by atoms with Crippen molar-refractivity contribution < 1.29 is 10.1 Å². The summed E-state index contributed by atoms with van der Waals surface area (Å²) in [6, 6.07) is 10.2. The van der Waals surface area contributed by atoms with E-state index in [1.54, 1.807) is 0 Å². The van der Waals surface area contributed by atoms with Gasteiger partial charge >= 0.3 is 0 Å². The van der Waals surface area contributed by atoms with Crippen LogP contribution in [0.2, 0.25) is 0 Å². The number of amides is 1. The number of primary amides is 1. The molecule has 2 atom stereocenters. The standard InChI is InChI=1S/C13H18N2O/c14-13(16)12(10-6-2-1-3-7-10)11-8-4-5-9-15-11/h1-3,6-7,11-12,15H,4-5,8-9H2,(H2,14,16)/p+1/t11-,12+/m1/s1. The second-order valence-corrected chi connectivity index (χ2v) is 4.47. The molecule has 1 aliphatic rings. The van der Waals surface area contributed by atoms with Crippen LogP contribution in [0.5, 0.6) is 0 Å². The van der Waals surface area contributed by atoms with Crippen molar-refractivity contribution in [2.45, 2.75) is 31.2 Å². The molecule has 1 aliphatic heterocycles. The molecule has 4 N–H and O–H groups in total.